The first-order valence-corrected chi connectivity index (χ1v) is 10.5. The number of unbranched alkanes of at least 4 members (excludes halogenated alkanes) is 9. The average molecular weight is 390 g/mol. The second kappa shape index (κ2) is 14.3. The number of aliphatic hydroxyl groups is 3. The van der Waals surface area contributed by atoms with Gasteiger partial charge in [-0.25, -0.2) is 0 Å². The lowest BCUT2D eigenvalue weighted by Crippen LogP contribution is -2.64. The molecule has 0 aliphatic carbocycles. The van der Waals surface area contributed by atoms with Crippen molar-refractivity contribution >= 4 is 5.91 Å². The largest absolute Gasteiger partial charge is 0.394 e. The Bertz CT molecular complexity index is 395. The normalized spacial score (nSPS) is 28.3. The number of aliphatic hydroxyl groups excluding tert-OH is 3. The minimum absolute atomic E-state index is 0.343. The molecule has 0 bridgehead atoms. The number of carbonyl (C=O) groups is 1. The highest BCUT2D eigenvalue weighted by molar-refractivity contribution is 5.73. The summed E-state index contributed by atoms with van der Waals surface area (Å²) in [6, 6.07) is -0.858. The third-order valence-corrected chi connectivity index (χ3v) is 5.03. The highest BCUT2D eigenvalue weighted by atomic mass is 16.7. The maximum absolute atomic E-state index is 11.4. The molecule has 0 aromatic heterocycles. The van der Waals surface area contributed by atoms with Crippen LogP contribution in [0.15, 0.2) is 0 Å². The van der Waals surface area contributed by atoms with Gasteiger partial charge in [0.05, 0.1) is 6.61 Å². The predicted molar refractivity (Wildman–Crippen MR) is 103 cm³/mol. The molecule has 0 aromatic carbocycles. The molecule has 1 fully saturated rings. The fraction of sp³-hybridized carbons (Fsp3) is 0.950. The molecule has 160 valence electrons. The van der Waals surface area contributed by atoms with Crippen molar-refractivity contribution in [2.45, 2.75) is 109 Å². The molecule has 0 radical (unpaired) electrons. The van der Waals surface area contributed by atoms with Crippen molar-refractivity contribution in [2.75, 3.05) is 13.2 Å². The van der Waals surface area contributed by atoms with Gasteiger partial charge in [-0.05, 0) is 6.42 Å². The maximum atomic E-state index is 11.4. The second-order valence-electron chi connectivity index (χ2n) is 7.49. The molecule has 4 N–H and O–H groups in total. The van der Waals surface area contributed by atoms with E-state index in [-0.39, 0.29) is 5.91 Å². The Kier molecular flexibility index (Phi) is 12.9. The van der Waals surface area contributed by atoms with Crippen molar-refractivity contribution in [1.82, 2.24) is 5.32 Å². The van der Waals surface area contributed by atoms with Crippen LogP contribution in [0.5, 0.6) is 0 Å². The molecule has 1 rings (SSSR count). The highest BCUT2D eigenvalue weighted by Crippen LogP contribution is 2.22. The summed E-state index contributed by atoms with van der Waals surface area (Å²) in [6.45, 7) is 3.57. The second-order valence-corrected chi connectivity index (χ2v) is 7.49. The molecule has 1 aliphatic rings. The van der Waals surface area contributed by atoms with Gasteiger partial charge in [-0.1, -0.05) is 64.7 Å². The summed E-state index contributed by atoms with van der Waals surface area (Å²) >= 11 is 0. The summed E-state index contributed by atoms with van der Waals surface area (Å²) in [6.07, 6.45) is 7.87. The van der Waals surface area contributed by atoms with Crippen LogP contribution in [0.25, 0.3) is 0 Å². The molecule has 0 spiro atoms. The van der Waals surface area contributed by atoms with Gasteiger partial charge in [-0.3, -0.25) is 4.79 Å². The summed E-state index contributed by atoms with van der Waals surface area (Å²) in [5, 5.41) is 32.0. The Morgan fingerprint density at radius 3 is 2.04 bits per heavy atom. The van der Waals surface area contributed by atoms with Crippen LogP contribution in [0.1, 0.15) is 78.1 Å². The zero-order valence-electron chi connectivity index (χ0n) is 16.9. The lowest BCUT2D eigenvalue weighted by Gasteiger charge is -2.42. The maximum Gasteiger partial charge on any atom is 0.217 e. The van der Waals surface area contributed by atoms with E-state index >= 15 is 0 Å². The zero-order valence-corrected chi connectivity index (χ0v) is 16.9. The molecule has 7 nitrogen and oxygen atoms in total. The molecule has 1 saturated heterocycles. The Morgan fingerprint density at radius 2 is 1.52 bits per heavy atom. The van der Waals surface area contributed by atoms with Gasteiger partial charge in [-0.15, -0.1) is 0 Å². The van der Waals surface area contributed by atoms with Crippen LogP contribution in [-0.4, -0.2) is 65.1 Å². The molecule has 1 heterocycles. The molecule has 0 unspecified atom stereocenters. The number of hydrogen-bond acceptors (Lipinski definition) is 6. The van der Waals surface area contributed by atoms with Gasteiger partial charge in [0, 0.05) is 13.5 Å². The fourth-order valence-corrected chi connectivity index (χ4v) is 3.40. The average Bonchev–Trinajstić information content (AvgIpc) is 2.64. The van der Waals surface area contributed by atoms with Crippen molar-refractivity contribution in [3.63, 3.8) is 0 Å². The van der Waals surface area contributed by atoms with Crippen molar-refractivity contribution in [2.24, 2.45) is 0 Å². The molecule has 0 saturated carbocycles. The van der Waals surface area contributed by atoms with E-state index in [1.807, 2.05) is 0 Å². The molecular weight excluding hydrogens is 350 g/mol. The van der Waals surface area contributed by atoms with E-state index in [0.717, 1.165) is 12.8 Å². The third kappa shape index (κ3) is 9.34. The van der Waals surface area contributed by atoms with Crippen LogP contribution in [0.4, 0.5) is 0 Å². The lowest BCUT2D eigenvalue weighted by molar-refractivity contribution is -0.270. The van der Waals surface area contributed by atoms with Crippen LogP contribution in [-0.2, 0) is 14.3 Å². The Morgan fingerprint density at radius 1 is 0.963 bits per heavy atom. The molecule has 1 aliphatic heterocycles. The number of amides is 1. The van der Waals surface area contributed by atoms with Gasteiger partial charge >= 0.3 is 0 Å². The molecule has 5 atom stereocenters. The van der Waals surface area contributed by atoms with Crippen molar-refractivity contribution in [1.29, 1.82) is 0 Å². The first kappa shape index (κ1) is 24.3. The third-order valence-electron chi connectivity index (χ3n) is 5.03. The van der Waals surface area contributed by atoms with E-state index < -0.39 is 37.3 Å². The smallest absolute Gasteiger partial charge is 0.217 e. The standard InChI is InChI=1S/C20H39NO6/c1-3-4-5-6-7-8-9-10-11-12-13-26-20-17(21-15(2)23)19(25)18(24)16(14-22)27-20/h16-20,22,24-25H,3-14H2,1-2H3,(H,21,23)/t16-,17+,18+,19-,20+/m0/s1. The summed E-state index contributed by atoms with van der Waals surface area (Å²) in [5.41, 5.74) is 0. The summed E-state index contributed by atoms with van der Waals surface area (Å²) < 4.78 is 11.2. The number of rotatable bonds is 14. The molecular formula is C20H39NO6. The fourth-order valence-electron chi connectivity index (χ4n) is 3.40. The number of hydrogen-bond donors (Lipinski definition) is 4. The molecule has 27 heavy (non-hydrogen) atoms. The van der Waals surface area contributed by atoms with Crippen LogP contribution >= 0.6 is 0 Å². The summed E-state index contributed by atoms with van der Waals surface area (Å²) in [4.78, 5) is 11.4. The number of ether oxygens (including phenoxy) is 2. The van der Waals surface area contributed by atoms with E-state index in [9.17, 15) is 20.1 Å². The van der Waals surface area contributed by atoms with Crippen molar-refractivity contribution < 1.29 is 29.6 Å². The SMILES string of the molecule is CCCCCCCCCCCCO[C@@H]1O[C@@H](CO)[C@@H](O)[C@@H](O)[C@H]1NC(C)=O. The lowest BCUT2D eigenvalue weighted by atomic mass is 9.97. The van der Waals surface area contributed by atoms with E-state index in [4.69, 9.17) is 9.47 Å². The van der Waals surface area contributed by atoms with Gasteiger partial charge in [0.1, 0.15) is 24.4 Å². The summed E-state index contributed by atoms with van der Waals surface area (Å²) in [7, 11) is 0. The van der Waals surface area contributed by atoms with Gasteiger partial charge < -0.3 is 30.1 Å². The zero-order chi connectivity index (χ0) is 20.1. The van der Waals surface area contributed by atoms with E-state index in [1.54, 1.807) is 0 Å². The van der Waals surface area contributed by atoms with E-state index in [2.05, 4.69) is 12.2 Å². The quantitative estimate of drug-likeness (QED) is 0.338. The minimum Gasteiger partial charge on any atom is -0.394 e. The number of carbonyl (C=O) groups excluding carboxylic acids is 1. The van der Waals surface area contributed by atoms with Crippen molar-refractivity contribution in [3.8, 4) is 0 Å². The van der Waals surface area contributed by atoms with Crippen LogP contribution in [0, 0.1) is 0 Å². The first-order chi connectivity index (χ1) is 13.0. The summed E-state index contributed by atoms with van der Waals surface area (Å²) in [5.74, 6) is -0.343. The Labute approximate surface area is 163 Å². The van der Waals surface area contributed by atoms with Crippen LogP contribution < -0.4 is 5.32 Å². The molecule has 1 amide bonds. The van der Waals surface area contributed by atoms with E-state index in [0.29, 0.717) is 6.61 Å². The van der Waals surface area contributed by atoms with Crippen molar-refractivity contribution in [3.05, 3.63) is 0 Å². The van der Waals surface area contributed by atoms with Gasteiger partial charge in [-0.2, -0.15) is 0 Å². The molecule has 0 aromatic rings. The molecule has 7 heteroatoms. The van der Waals surface area contributed by atoms with E-state index in [1.165, 1.54) is 58.3 Å². The topological polar surface area (TPSA) is 108 Å². The minimum atomic E-state index is -1.27. The van der Waals surface area contributed by atoms with Gasteiger partial charge in [0.25, 0.3) is 0 Å². The van der Waals surface area contributed by atoms with Crippen LogP contribution in [0.3, 0.4) is 0 Å². The Balaban J connectivity index is 2.23. The van der Waals surface area contributed by atoms with Gasteiger partial charge in [0.15, 0.2) is 6.29 Å². The first-order valence-electron chi connectivity index (χ1n) is 10.5. The van der Waals surface area contributed by atoms with Gasteiger partial charge in [0.2, 0.25) is 5.91 Å². The van der Waals surface area contributed by atoms with Crippen LogP contribution in [0.2, 0.25) is 0 Å². The monoisotopic (exact) mass is 389 g/mol. The Hall–Kier alpha value is -0.730. The highest BCUT2D eigenvalue weighted by Gasteiger charge is 2.45. The number of nitrogens with one attached hydrogen (secondary N) is 1. The predicted octanol–water partition coefficient (Wildman–Crippen LogP) is 1.87.